The molecule has 0 saturated heterocycles. The summed E-state index contributed by atoms with van der Waals surface area (Å²) in [5.41, 5.74) is 1.69. The highest BCUT2D eigenvalue weighted by Crippen LogP contribution is 2.33. The van der Waals surface area contributed by atoms with E-state index in [-0.39, 0.29) is 12.2 Å². The van der Waals surface area contributed by atoms with Crippen molar-refractivity contribution >= 4 is 51.9 Å². The van der Waals surface area contributed by atoms with Crippen LogP contribution in [0.2, 0.25) is 5.02 Å². The molecule has 0 saturated carbocycles. The number of anilines is 1. The van der Waals surface area contributed by atoms with E-state index in [4.69, 9.17) is 11.6 Å². The van der Waals surface area contributed by atoms with Crippen LogP contribution in [0.25, 0.3) is 0 Å². The fourth-order valence-corrected chi connectivity index (χ4v) is 2.95. The van der Waals surface area contributed by atoms with Crippen molar-refractivity contribution in [1.82, 2.24) is 4.98 Å². The number of aldehydes is 1. The maximum absolute atomic E-state index is 14.1. The molecule has 22 heavy (non-hydrogen) atoms. The Labute approximate surface area is 144 Å². The summed E-state index contributed by atoms with van der Waals surface area (Å²) >= 11 is 8.50. The molecule has 2 heterocycles. The Bertz CT molecular complexity index is 781. The lowest BCUT2D eigenvalue weighted by Gasteiger charge is -2.14. The Morgan fingerprint density at radius 1 is 1.41 bits per heavy atom. The average molecular weight is 430 g/mol. The van der Waals surface area contributed by atoms with Gasteiger partial charge >= 0.3 is 0 Å². The molecule has 1 N–H and O–H groups in total. The van der Waals surface area contributed by atoms with Gasteiger partial charge in [0.1, 0.15) is 18.0 Å². The van der Waals surface area contributed by atoms with Crippen molar-refractivity contribution in [2.45, 2.75) is 6.04 Å². The maximum Gasteiger partial charge on any atom is 0.151 e. The largest absolute Gasteiger partial charge is 0.373 e. The monoisotopic (exact) mass is 429 g/mol. The molecule has 1 aromatic heterocycles. The smallest absolute Gasteiger partial charge is 0.151 e. The van der Waals surface area contributed by atoms with Crippen LogP contribution >= 0.6 is 34.2 Å². The molecule has 1 unspecified atom stereocenters. The average Bonchev–Trinajstić information content (AvgIpc) is 2.71. The Morgan fingerprint density at radius 2 is 2.23 bits per heavy atom. The molecule has 0 aliphatic carbocycles. The first-order valence-electron chi connectivity index (χ1n) is 6.47. The summed E-state index contributed by atoms with van der Waals surface area (Å²) in [7, 11) is 0. The minimum atomic E-state index is -0.487. The van der Waals surface area contributed by atoms with Crippen molar-refractivity contribution in [2.75, 3.05) is 11.9 Å². The standard InChI is InChI=1S/C15H10ClFIN3O/c16-13-10(18)3-4-11-12(13)15(20-6-8(7-22)21-11)14-9(17)2-1-5-19-14/h1-5,7-8,21H,6H2. The van der Waals surface area contributed by atoms with Gasteiger partial charge in [-0.05, 0) is 46.9 Å². The number of hydrogen-bond acceptors (Lipinski definition) is 4. The summed E-state index contributed by atoms with van der Waals surface area (Å²) < 4.78 is 14.9. The second kappa shape index (κ2) is 6.29. The Kier molecular flexibility index (Phi) is 4.39. The van der Waals surface area contributed by atoms with Crippen LogP contribution in [0.15, 0.2) is 35.5 Å². The summed E-state index contributed by atoms with van der Waals surface area (Å²) in [6.45, 7) is 0.191. The van der Waals surface area contributed by atoms with E-state index in [0.717, 1.165) is 9.86 Å². The molecule has 1 aliphatic heterocycles. The minimum absolute atomic E-state index is 0.126. The van der Waals surface area contributed by atoms with Crippen LogP contribution < -0.4 is 5.32 Å². The highest BCUT2D eigenvalue weighted by Gasteiger charge is 2.25. The number of benzodiazepines with no additional fused rings is 1. The molecule has 1 aliphatic rings. The van der Waals surface area contributed by atoms with Crippen molar-refractivity contribution < 1.29 is 9.18 Å². The molecule has 2 aromatic rings. The number of aliphatic imine (C=N–C) groups is 1. The number of nitrogens with zero attached hydrogens (tertiary/aromatic N) is 2. The Morgan fingerprint density at radius 3 is 2.95 bits per heavy atom. The number of fused-ring (bicyclic) bond motifs is 1. The van der Waals surface area contributed by atoms with E-state index in [1.807, 2.05) is 6.07 Å². The van der Waals surface area contributed by atoms with E-state index in [2.05, 4.69) is 37.9 Å². The third-order valence-corrected chi connectivity index (χ3v) is 4.88. The predicted molar refractivity (Wildman–Crippen MR) is 92.3 cm³/mol. The molecular formula is C15H10ClFIN3O. The third kappa shape index (κ3) is 2.72. The lowest BCUT2D eigenvalue weighted by molar-refractivity contribution is -0.108. The number of benzene rings is 1. The van der Waals surface area contributed by atoms with Gasteiger partial charge in [-0.25, -0.2) is 4.39 Å². The van der Waals surface area contributed by atoms with E-state index >= 15 is 0 Å². The number of rotatable bonds is 2. The van der Waals surface area contributed by atoms with Crippen LogP contribution in [0.5, 0.6) is 0 Å². The molecule has 0 radical (unpaired) electrons. The molecule has 1 atom stereocenters. The highest BCUT2D eigenvalue weighted by molar-refractivity contribution is 14.1. The number of nitrogens with one attached hydrogen (secondary N) is 1. The van der Waals surface area contributed by atoms with Crippen molar-refractivity contribution in [1.29, 1.82) is 0 Å². The van der Waals surface area contributed by atoms with Crippen LogP contribution in [0.4, 0.5) is 10.1 Å². The first kappa shape index (κ1) is 15.4. The van der Waals surface area contributed by atoms with E-state index in [1.54, 1.807) is 6.07 Å². The fraction of sp³-hybridized carbons (Fsp3) is 0.133. The number of carbonyl (C=O) groups is 1. The topological polar surface area (TPSA) is 54.4 Å². The lowest BCUT2D eigenvalue weighted by atomic mass is 10.0. The molecule has 0 spiro atoms. The number of carbonyl (C=O) groups excluding carboxylic acids is 1. The minimum Gasteiger partial charge on any atom is -0.373 e. The van der Waals surface area contributed by atoms with E-state index in [0.29, 0.717) is 22.0 Å². The SMILES string of the molecule is O=CC1CN=C(c2ncccc2F)c2c(ccc(I)c2Cl)N1. The molecular weight excluding hydrogens is 420 g/mol. The Balaban J connectivity index is 2.27. The molecule has 0 fully saturated rings. The number of pyridine rings is 1. The van der Waals surface area contributed by atoms with Crippen LogP contribution in [0.1, 0.15) is 11.3 Å². The molecule has 4 nitrogen and oxygen atoms in total. The van der Waals surface area contributed by atoms with E-state index < -0.39 is 11.9 Å². The van der Waals surface area contributed by atoms with Crippen molar-refractivity contribution in [3.8, 4) is 0 Å². The quantitative estimate of drug-likeness (QED) is 0.589. The van der Waals surface area contributed by atoms with Gasteiger partial charge in [0.05, 0.1) is 17.3 Å². The van der Waals surface area contributed by atoms with Gasteiger partial charge in [-0.3, -0.25) is 9.98 Å². The van der Waals surface area contributed by atoms with E-state index in [1.165, 1.54) is 18.3 Å². The number of aromatic nitrogens is 1. The van der Waals surface area contributed by atoms with Gasteiger partial charge in [0.25, 0.3) is 0 Å². The summed E-state index contributed by atoms with van der Waals surface area (Å²) in [4.78, 5) is 19.6. The molecule has 0 bridgehead atoms. The first-order valence-corrected chi connectivity index (χ1v) is 7.93. The molecule has 7 heteroatoms. The molecule has 1 aromatic carbocycles. The summed E-state index contributed by atoms with van der Waals surface area (Å²) in [6.07, 6.45) is 2.27. The predicted octanol–water partition coefficient (Wildman–Crippen LogP) is 3.31. The lowest BCUT2D eigenvalue weighted by Crippen LogP contribution is -2.23. The van der Waals surface area contributed by atoms with Gasteiger partial charge in [0, 0.05) is 21.0 Å². The van der Waals surface area contributed by atoms with Gasteiger partial charge < -0.3 is 10.1 Å². The normalized spacial score (nSPS) is 17.0. The number of hydrogen-bond donors (Lipinski definition) is 1. The van der Waals surface area contributed by atoms with Crippen molar-refractivity contribution in [2.24, 2.45) is 4.99 Å². The molecule has 0 amide bonds. The van der Waals surface area contributed by atoms with Gasteiger partial charge in [-0.1, -0.05) is 11.6 Å². The summed E-state index contributed by atoms with van der Waals surface area (Å²) in [5.74, 6) is -0.480. The van der Waals surface area contributed by atoms with Crippen LogP contribution in [-0.2, 0) is 4.79 Å². The fourth-order valence-electron chi connectivity index (χ4n) is 2.25. The van der Waals surface area contributed by atoms with Crippen molar-refractivity contribution in [3.05, 3.63) is 56.1 Å². The van der Waals surface area contributed by atoms with E-state index in [9.17, 15) is 9.18 Å². The van der Waals surface area contributed by atoms with Crippen LogP contribution in [0, 0.1) is 9.39 Å². The third-order valence-electron chi connectivity index (χ3n) is 3.27. The van der Waals surface area contributed by atoms with Gasteiger partial charge in [0.2, 0.25) is 0 Å². The second-order valence-electron chi connectivity index (χ2n) is 4.69. The van der Waals surface area contributed by atoms with Gasteiger partial charge in [-0.15, -0.1) is 0 Å². The van der Waals surface area contributed by atoms with Crippen LogP contribution in [-0.4, -0.2) is 29.6 Å². The summed E-state index contributed by atoms with van der Waals surface area (Å²) in [6, 6.07) is 5.98. The van der Waals surface area contributed by atoms with Gasteiger partial charge in [-0.2, -0.15) is 0 Å². The second-order valence-corrected chi connectivity index (χ2v) is 6.23. The Hall–Kier alpha value is -1.54. The molecule has 3 rings (SSSR count). The van der Waals surface area contributed by atoms with Crippen molar-refractivity contribution in [3.63, 3.8) is 0 Å². The zero-order chi connectivity index (χ0) is 15.7. The van der Waals surface area contributed by atoms with Gasteiger partial charge in [0.15, 0.2) is 5.82 Å². The first-order chi connectivity index (χ1) is 10.6. The zero-order valence-corrected chi connectivity index (χ0v) is 14.1. The van der Waals surface area contributed by atoms with Crippen LogP contribution in [0.3, 0.4) is 0 Å². The zero-order valence-electron chi connectivity index (χ0n) is 11.2. The maximum atomic E-state index is 14.1. The molecule has 112 valence electrons. The number of halogens is 3. The highest BCUT2D eigenvalue weighted by atomic mass is 127. The summed E-state index contributed by atoms with van der Waals surface area (Å²) in [5, 5.41) is 3.53.